The number of nitrogens with zero attached hydrogens (tertiary/aromatic N) is 1. The lowest BCUT2D eigenvalue weighted by Crippen LogP contribution is -2.30. The highest BCUT2D eigenvalue weighted by molar-refractivity contribution is 7.09. The second kappa shape index (κ2) is 3.40. The number of rotatable bonds is 2. The van der Waals surface area contributed by atoms with Gasteiger partial charge in [-0.05, 0) is 0 Å². The normalized spacial score (nSPS) is 14.7. The molecule has 0 fully saturated rings. The largest absolute Gasteiger partial charge is 0.414 e. The quantitative estimate of drug-likeness (QED) is 0.781. The molecule has 1 aromatic heterocycles. The molecule has 1 rings (SSSR count). The highest BCUT2D eigenvalue weighted by atomic mass is 32.1. The summed E-state index contributed by atoms with van der Waals surface area (Å²) in [6.07, 6.45) is -5.90. The molecule has 1 heterocycles. The average Bonchev–Trinajstić information content (AvgIpc) is 2.37. The van der Waals surface area contributed by atoms with Crippen molar-refractivity contribution in [2.24, 2.45) is 0 Å². The molecule has 12 heavy (non-hydrogen) atoms. The first-order valence-corrected chi connectivity index (χ1v) is 4.01. The van der Waals surface area contributed by atoms with Crippen LogP contribution < -0.4 is 0 Å². The molecule has 1 unspecified atom stereocenters. The van der Waals surface area contributed by atoms with Gasteiger partial charge < -0.3 is 5.11 Å². The Morgan fingerprint density at radius 3 is 2.67 bits per heavy atom. The van der Waals surface area contributed by atoms with E-state index in [1.165, 1.54) is 6.20 Å². The summed E-state index contributed by atoms with van der Waals surface area (Å²) in [5.74, 6) is 0. The predicted molar refractivity (Wildman–Crippen MR) is 37.9 cm³/mol. The lowest BCUT2D eigenvalue weighted by Gasteiger charge is -2.12. The molecule has 68 valence electrons. The molecule has 6 heteroatoms. The number of aliphatic hydroxyl groups excluding tert-OH is 1. The molecule has 0 saturated heterocycles. The van der Waals surface area contributed by atoms with Gasteiger partial charge in [-0.2, -0.15) is 13.2 Å². The SMILES string of the molecule is OC(Cc1nccs1)C(F)(F)F. The minimum absolute atomic E-state index is 0.292. The summed E-state index contributed by atoms with van der Waals surface area (Å²) in [5, 5.41) is 10.5. The minimum atomic E-state index is -4.55. The maximum absolute atomic E-state index is 11.8. The molecule has 0 aromatic carbocycles. The summed E-state index contributed by atoms with van der Waals surface area (Å²) in [4.78, 5) is 3.63. The van der Waals surface area contributed by atoms with Crippen LogP contribution in [0.3, 0.4) is 0 Å². The van der Waals surface area contributed by atoms with Crippen LogP contribution in [0.4, 0.5) is 13.2 Å². The average molecular weight is 197 g/mol. The third kappa shape index (κ3) is 2.46. The number of hydrogen-bond donors (Lipinski definition) is 1. The minimum Gasteiger partial charge on any atom is -0.383 e. The van der Waals surface area contributed by atoms with Gasteiger partial charge in [-0.25, -0.2) is 4.98 Å². The van der Waals surface area contributed by atoms with Crippen LogP contribution in [0.25, 0.3) is 0 Å². The molecule has 0 aliphatic heterocycles. The van der Waals surface area contributed by atoms with E-state index >= 15 is 0 Å². The van der Waals surface area contributed by atoms with Gasteiger partial charge in [0, 0.05) is 18.0 Å². The Hall–Kier alpha value is -0.620. The van der Waals surface area contributed by atoms with Crippen LogP contribution in [0.5, 0.6) is 0 Å². The third-order valence-corrected chi connectivity index (χ3v) is 2.03. The first-order valence-electron chi connectivity index (χ1n) is 3.13. The van der Waals surface area contributed by atoms with Gasteiger partial charge >= 0.3 is 6.18 Å². The van der Waals surface area contributed by atoms with Crippen LogP contribution in [-0.2, 0) is 6.42 Å². The Kier molecular flexibility index (Phi) is 2.69. The van der Waals surface area contributed by atoms with Gasteiger partial charge in [0.05, 0.1) is 5.01 Å². The smallest absolute Gasteiger partial charge is 0.383 e. The molecule has 0 aliphatic carbocycles. The zero-order valence-corrected chi connectivity index (χ0v) is 6.69. The van der Waals surface area contributed by atoms with Gasteiger partial charge in [0.2, 0.25) is 0 Å². The predicted octanol–water partition coefficient (Wildman–Crippen LogP) is 1.61. The van der Waals surface area contributed by atoms with Crippen molar-refractivity contribution in [2.45, 2.75) is 18.7 Å². The highest BCUT2D eigenvalue weighted by Crippen LogP contribution is 2.23. The molecule has 1 N–H and O–H groups in total. The van der Waals surface area contributed by atoms with E-state index in [0.717, 1.165) is 11.3 Å². The van der Waals surface area contributed by atoms with Crippen molar-refractivity contribution in [3.05, 3.63) is 16.6 Å². The van der Waals surface area contributed by atoms with E-state index < -0.39 is 18.7 Å². The van der Waals surface area contributed by atoms with Gasteiger partial charge in [0.15, 0.2) is 6.10 Å². The summed E-state index contributed by atoms with van der Waals surface area (Å²) in [6, 6.07) is 0. The lowest BCUT2D eigenvalue weighted by molar-refractivity contribution is -0.203. The highest BCUT2D eigenvalue weighted by Gasteiger charge is 2.38. The maximum Gasteiger partial charge on any atom is 0.414 e. The van der Waals surface area contributed by atoms with Crippen LogP contribution in [0, 0.1) is 0 Å². The molecule has 0 aliphatic rings. The topological polar surface area (TPSA) is 33.1 Å². The maximum atomic E-state index is 11.8. The van der Waals surface area contributed by atoms with Crippen molar-refractivity contribution in [3.8, 4) is 0 Å². The molecule has 0 spiro atoms. The van der Waals surface area contributed by atoms with E-state index in [4.69, 9.17) is 5.11 Å². The van der Waals surface area contributed by atoms with E-state index in [2.05, 4.69) is 4.98 Å². The summed E-state index contributed by atoms with van der Waals surface area (Å²) < 4.78 is 35.3. The van der Waals surface area contributed by atoms with Gasteiger partial charge in [0.1, 0.15) is 0 Å². The molecule has 0 saturated carbocycles. The van der Waals surface area contributed by atoms with E-state index in [1.807, 2.05) is 0 Å². The molecule has 1 atom stereocenters. The number of alkyl halides is 3. The zero-order chi connectivity index (χ0) is 9.19. The van der Waals surface area contributed by atoms with Crippen LogP contribution in [-0.4, -0.2) is 22.4 Å². The van der Waals surface area contributed by atoms with Gasteiger partial charge in [-0.3, -0.25) is 0 Å². The molecule has 2 nitrogen and oxygen atoms in total. The molecular weight excluding hydrogens is 191 g/mol. The van der Waals surface area contributed by atoms with E-state index in [9.17, 15) is 13.2 Å². The molecule has 0 radical (unpaired) electrons. The standard InChI is InChI=1S/C6H6F3NOS/c7-6(8,9)4(11)3-5-10-1-2-12-5/h1-2,4,11H,3H2. The third-order valence-electron chi connectivity index (χ3n) is 1.23. The van der Waals surface area contributed by atoms with Crippen LogP contribution in [0.15, 0.2) is 11.6 Å². The monoisotopic (exact) mass is 197 g/mol. The van der Waals surface area contributed by atoms with Gasteiger partial charge in [0.25, 0.3) is 0 Å². The van der Waals surface area contributed by atoms with Crippen molar-refractivity contribution in [2.75, 3.05) is 0 Å². The Bertz CT molecular complexity index is 233. The number of aromatic nitrogens is 1. The molecule has 0 amide bonds. The van der Waals surface area contributed by atoms with Crippen molar-refractivity contribution >= 4 is 11.3 Å². The first-order chi connectivity index (χ1) is 5.50. The van der Waals surface area contributed by atoms with Gasteiger partial charge in [-0.15, -0.1) is 11.3 Å². The Balaban J connectivity index is 2.53. The fourth-order valence-electron chi connectivity index (χ4n) is 0.635. The van der Waals surface area contributed by atoms with E-state index in [-0.39, 0.29) is 0 Å². The summed E-state index contributed by atoms with van der Waals surface area (Å²) in [5.41, 5.74) is 0. The summed E-state index contributed by atoms with van der Waals surface area (Å²) in [7, 11) is 0. The van der Waals surface area contributed by atoms with E-state index in [1.54, 1.807) is 5.38 Å². The van der Waals surface area contributed by atoms with Gasteiger partial charge in [-0.1, -0.05) is 0 Å². The van der Waals surface area contributed by atoms with Crippen molar-refractivity contribution in [1.29, 1.82) is 0 Å². The lowest BCUT2D eigenvalue weighted by atomic mass is 10.2. The van der Waals surface area contributed by atoms with Crippen LogP contribution in [0.2, 0.25) is 0 Å². The summed E-state index contributed by atoms with van der Waals surface area (Å²) >= 11 is 1.10. The summed E-state index contributed by atoms with van der Waals surface area (Å²) in [6.45, 7) is 0. The van der Waals surface area contributed by atoms with Crippen LogP contribution in [0.1, 0.15) is 5.01 Å². The fraction of sp³-hybridized carbons (Fsp3) is 0.500. The Morgan fingerprint density at radius 2 is 2.25 bits per heavy atom. The Labute approximate surface area is 70.7 Å². The number of thiazole rings is 1. The zero-order valence-electron chi connectivity index (χ0n) is 5.88. The molecule has 1 aromatic rings. The van der Waals surface area contributed by atoms with Crippen molar-refractivity contribution in [3.63, 3.8) is 0 Å². The van der Waals surface area contributed by atoms with Crippen molar-refractivity contribution in [1.82, 2.24) is 4.98 Å². The fourth-order valence-corrected chi connectivity index (χ4v) is 1.29. The van der Waals surface area contributed by atoms with Crippen LogP contribution >= 0.6 is 11.3 Å². The number of hydrogen-bond acceptors (Lipinski definition) is 3. The number of aliphatic hydroxyl groups is 1. The van der Waals surface area contributed by atoms with E-state index in [0.29, 0.717) is 5.01 Å². The molecule has 0 bridgehead atoms. The second-order valence-corrected chi connectivity index (χ2v) is 3.17. The Morgan fingerprint density at radius 1 is 1.58 bits per heavy atom. The first kappa shape index (κ1) is 9.47. The number of halogens is 3. The van der Waals surface area contributed by atoms with Crippen molar-refractivity contribution < 1.29 is 18.3 Å². The molecular formula is C6H6F3NOS. The second-order valence-electron chi connectivity index (χ2n) is 2.19.